The second kappa shape index (κ2) is 7.24. The number of likely N-dealkylation sites (tertiary alicyclic amines) is 1. The van der Waals surface area contributed by atoms with E-state index in [9.17, 15) is 9.18 Å². The van der Waals surface area contributed by atoms with E-state index in [2.05, 4.69) is 4.90 Å². The first-order valence-electron chi connectivity index (χ1n) is 6.80. The van der Waals surface area contributed by atoms with Gasteiger partial charge in [-0.25, -0.2) is 4.39 Å². The largest absolute Gasteiger partial charge is 0.492 e. The quantitative estimate of drug-likeness (QED) is 0.739. The van der Waals surface area contributed by atoms with E-state index in [0.717, 1.165) is 37.2 Å². The predicted octanol–water partition coefficient (Wildman–Crippen LogP) is 2.24. The third-order valence-electron chi connectivity index (χ3n) is 3.44. The van der Waals surface area contributed by atoms with Gasteiger partial charge in [-0.3, -0.25) is 4.90 Å². The number of alkyl halides is 1. The first-order valence-corrected chi connectivity index (χ1v) is 6.80. The number of ether oxygens (including phenoxy) is 1. The summed E-state index contributed by atoms with van der Waals surface area (Å²) >= 11 is 0. The SMILES string of the molecule is O=CCc1ccc(OCCN2CCC(F)CC2)cc1. The lowest BCUT2D eigenvalue weighted by Gasteiger charge is -2.28. The summed E-state index contributed by atoms with van der Waals surface area (Å²) in [6.07, 6.45) is 1.99. The van der Waals surface area contributed by atoms with Crippen LogP contribution in [-0.4, -0.2) is 43.6 Å². The lowest BCUT2D eigenvalue weighted by atomic mass is 10.1. The number of hydrogen-bond acceptors (Lipinski definition) is 3. The summed E-state index contributed by atoms with van der Waals surface area (Å²) in [4.78, 5) is 12.6. The number of aldehydes is 1. The third kappa shape index (κ3) is 4.63. The molecular weight excluding hydrogens is 245 g/mol. The Bertz CT molecular complexity index is 386. The zero-order valence-corrected chi connectivity index (χ0v) is 11.1. The highest BCUT2D eigenvalue weighted by Gasteiger charge is 2.17. The molecule has 0 aromatic heterocycles. The van der Waals surface area contributed by atoms with Gasteiger partial charge in [0, 0.05) is 26.1 Å². The zero-order chi connectivity index (χ0) is 13.5. The van der Waals surface area contributed by atoms with Crippen LogP contribution in [0.3, 0.4) is 0 Å². The van der Waals surface area contributed by atoms with E-state index in [1.165, 1.54) is 0 Å². The minimum atomic E-state index is -0.623. The van der Waals surface area contributed by atoms with Crippen LogP contribution in [0.4, 0.5) is 4.39 Å². The molecule has 3 nitrogen and oxygen atoms in total. The van der Waals surface area contributed by atoms with Crippen LogP contribution in [0.2, 0.25) is 0 Å². The Labute approximate surface area is 113 Å². The highest BCUT2D eigenvalue weighted by atomic mass is 19.1. The van der Waals surface area contributed by atoms with Gasteiger partial charge in [-0.05, 0) is 30.5 Å². The van der Waals surface area contributed by atoms with Gasteiger partial charge in [0.05, 0.1) is 0 Å². The maximum Gasteiger partial charge on any atom is 0.124 e. The summed E-state index contributed by atoms with van der Waals surface area (Å²) in [5, 5.41) is 0. The van der Waals surface area contributed by atoms with Crippen molar-refractivity contribution in [1.29, 1.82) is 0 Å². The van der Waals surface area contributed by atoms with Crippen LogP contribution in [0.25, 0.3) is 0 Å². The molecule has 1 aliphatic heterocycles. The molecule has 1 fully saturated rings. The van der Waals surface area contributed by atoms with Gasteiger partial charge in [-0.2, -0.15) is 0 Å². The molecule has 1 heterocycles. The molecule has 1 aliphatic rings. The number of carbonyl (C=O) groups excluding carboxylic acids is 1. The minimum absolute atomic E-state index is 0.443. The Hall–Kier alpha value is -1.42. The second-order valence-corrected chi connectivity index (χ2v) is 4.88. The van der Waals surface area contributed by atoms with Crippen LogP contribution in [-0.2, 0) is 11.2 Å². The van der Waals surface area contributed by atoms with Gasteiger partial charge in [-0.1, -0.05) is 12.1 Å². The van der Waals surface area contributed by atoms with Crippen molar-refractivity contribution >= 4 is 6.29 Å². The van der Waals surface area contributed by atoms with Crippen molar-refractivity contribution in [2.75, 3.05) is 26.2 Å². The van der Waals surface area contributed by atoms with Gasteiger partial charge in [0.1, 0.15) is 24.8 Å². The molecule has 0 saturated carbocycles. The molecule has 0 aliphatic carbocycles. The van der Waals surface area contributed by atoms with Crippen molar-refractivity contribution in [2.45, 2.75) is 25.4 Å². The van der Waals surface area contributed by atoms with Crippen molar-refractivity contribution in [3.05, 3.63) is 29.8 Å². The normalized spacial score (nSPS) is 17.3. The molecule has 0 spiro atoms. The standard InChI is InChI=1S/C15H20FNO2/c16-14-5-8-17(9-6-14)10-12-19-15-3-1-13(2-4-15)7-11-18/h1-4,11,14H,5-10,12H2. The predicted molar refractivity (Wildman–Crippen MR) is 72.3 cm³/mol. The van der Waals surface area contributed by atoms with Crippen molar-refractivity contribution in [3.63, 3.8) is 0 Å². The fraction of sp³-hybridized carbons (Fsp3) is 0.533. The van der Waals surface area contributed by atoms with E-state index in [1.807, 2.05) is 24.3 Å². The van der Waals surface area contributed by atoms with Gasteiger partial charge in [0.2, 0.25) is 0 Å². The molecule has 1 saturated heterocycles. The topological polar surface area (TPSA) is 29.5 Å². The molecular formula is C15H20FNO2. The average molecular weight is 265 g/mol. The van der Waals surface area contributed by atoms with E-state index in [-0.39, 0.29) is 0 Å². The minimum Gasteiger partial charge on any atom is -0.492 e. The number of hydrogen-bond donors (Lipinski definition) is 0. The third-order valence-corrected chi connectivity index (χ3v) is 3.44. The number of benzene rings is 1. The summed E-state index contributed by atoms with van der Waals surface area (Å²) < 4.78 is 18.6. The van der Waals surface area contributed by atoms with Crippen molar-refractivity contribution in [2.24, 2.45) is 0 Å². The summed E-state index contributed by atoms with van der Waals surface area (Å²) in [7, 11) is 0. The summed E-state index contributed by atoms with van der Waals surface area (Å²) in [5.41, 5.74) is 0.993. The molecule has 0 bridgehead atoms. The maximum absolute atomic E-state index is 13.0. The molecule has 1 aromatic carbocycles. The van der Waals surface area contributed by atoms with E-state index >= 15 is 0 Å². The Kier molecular flexibility index (Phi) is 5.33. The second-order valence-electron chi connectivity index (χ2n) is 4.88. The monoisotopic (exact) mass is 265 g/mol. The highest BCUT2D eigenvalue weighted by Crippen LogP contribution is 2.14. The molecule has 104 valence electrons. The van der Waals surface area contributed by atoms with Crippen molar-refractivity contribution in [3.8, 4) is 5.75 Å². The lowest BCUT2D eigenvalue weighted by Crippen LogP contribution is -2.37. The first-order chi connectivity index (χ1) is 9.28. The van der Waals surface area contributed by atoms with Gasteiger partial charge < -0.3 is 9.53 Å². The van der Waals surface area contributed by atoms with Gasteiger partial charge in [0.15, 0.2) is 0 Å². The molecule has 2 rings (SSSR count). The fourth-order valence-corrected chi connectivity index (χ4v) is 2.24. The van der Waals surface area contributed by atoms with E-state index < -0.39 is 6.17 Å². The van der Waals surface area contributed by atoms with Crippen LogP contribution in [0.1, 0.15) is 18.4 Å². The van der Waals surface area contributed by atoms with E-state index in [4.69, 9.17) is 4.74 Å². The summed E-state index contributed by atoms with van der Waals surface area (Å²) in [6.45, 7) is 3.10. The molecule has 0 radical (unpaired) electrons. The van der Waals surface area contributed by atoms with Crippen LogP contribution in [0.5, 0.6) is 5.75 Å². The first kappa shape index (κ1) is 14.0. The van der Waals surface area contributed by atoms with Gasteiger partial charge in [0.25, 0.3) is 0 Å². The molecule has 1 aromatic rings. The van der Waals surface area contributed by atoms with Gasteiger partial charge in [-0.15, -0.1) is 0 Å². The Morgan fingerprint density at radius 2 is 1.95 bits per heavy atom. The van der Waals surface area contributed by atoms with Gasteiger partial charge >= 0.3 is 0 Å². The number of halogens is 1. The summed E-state index contributed by atoms with van der Waals surface area (Å²) in [5.74, 6) is 0.815. The van der Waals surface area contributed by atoms with Crippen LogP contribution >= 0.6 is 0 Å². The van der Waals surface area contributed by atoms with Crippen molar-refractivity contribution in [1.82, 2.24) is 4.90 Å². The molecule has 0 unspecified atom stereocenters. The maximum atomic E-state index is 13.0. The number of rotatable bonds is 6. The van der Waals surface area contributed by atoms with Crippen LogP contribution < -0.4 is 4.74 Å². The Morgan fingerprint density at radius 3 is 2.58 bits per heavy atom. The van der Waals surface area contributed by atoms with Crippen LogP contribution in [0.15, 0.2) is 24.3 Å². The Morgan fingerprint density at radius 1 is 1.26 bits per heavy atom. The Balaban J connectivity index is 1.69. The molecule has 4 heteroatoms. The van der Waals surface area contributed by atoms with Crippen LogP contribution in [0, 0.1) is 0 Å². The van der Waals surface area contributed by atoms with E-state index in [1.54, 1.807) is 0 Å². The fourth-order valence-electron chi connectivity index (χ4n) is 2.24. The summed E-state index contributed by atoms with van der Waals surface area (Å²) in [6, 6.07) is 7.57. The van der Waals surface area contributed by atoms with E-state index in [0.29, 0.717) is 25.9 Å². The molecule has 19 heavy (non-hydrogen) atoms. The number of piperidine rings is 1. The molecule has 0 amide bonds. The average Bonchev–Trinajstić information content (AvgIpc) is 2.43. The molecule has 0 N–H and O–H groups in total. The molecule has 0 atom stereocenters. The number of nitrogens with zero attached hydrogens (tertiary/aromatic N) is 1. The number of carbonyl (C=O) groups is 1. The highest BCUT2D eigenvalue weighted by molar-refractivity contribution is 5.55. The zero-order valence-electron chi connectivity index (χ0n) is 11.1. The lowest BCUT2D eigenvalue weighted by molar-refractivity contribution is -0.107. The van der Waals surface area contributed by atoms with Crippen molar-refractivity contribution < 1.29 is 13.9 Å². The smallest absolute Gasteiger partial charge is 0.124 e.